The Morgan fingerprint density at radius 1 is 1.17 bits per heavy atom. The number of nitrogens with one attached hydrogen (secondary N) is 1. The van der Waals surface area contributed by atoms with Crippen molar-refractivity contribution in [2.24, 2.45) is 5.92 Å². The van der Waals surface area contributed by atoms with Crippen LogP contribution in [0.5, 0.6) is 0 Å². The lowest BCUT2D eigenvalue weighted by Gasteiger charge is -2.44. The zero-order chi connectivity index (χ0) is 13.4. The van der Waals surface area contributed by atoms with Crippen LogP contribution in [0.1, 0.15) is 66.2 Å². The monoisotopic (exact) mass is 254 g/mol. The lowest BCUT2D eigenvalue weighted by Crippen LogP contribution is -2.60. The maximum Gasteiger partial charge on any atom is 0.0304 e. The quantitative estimate of drug-likeness (QED) is 0.711. The Hall–Kier alpha value is -0.0800. The van der Waals surface area contributed by atoms with Crippen molar-refractivity contribution in [1.29, 1.82) is 0 Å². The minimum atomic E-state index is 0.390. The average molecular weight is 254 g/mol. The van der Waals surface area contributed by atoms with E-state index in [1.165, 1.54) is 64.7 Å². The zero-order valence-corrected chi connectivity index (χ0v) is 13.1. The Morgan fingerprint density at radius 2 is 1.89 bits per heavy atom. The third-order valence-corrected chi connectivity index (χ3v) is 4.87. The molecule has 1 atom stereocenters. The van der Waals surface area contributed by atoms with E-state index < -0.39 is 0 Å². The first-order chi connectivity index (χ1) is 8.69. The minimum Gasteiger partial charge on any atom is -0.309 e. The molecular weight excluding hydrogens is 220 g/mol. The minimum absolute atomic E-state index is 0.390. The van der Waals surface area contributed by atoms with E-state index >= 15 is 0 Å². The summed E-state index contributed by atoms with van der Waals surface area (Å²) in [4.78, 5) is 2.72. The first kappa shape index (κ1) is 16.0. The van der Waals surface area contributed by atoms with Crippen molar-refractivity contribution < 1.29 is 0 Å². The molecule has 0 spiro atoms. The van der Waals surface area contributed by atoms with Gasteiger partial charge in [-0.2, -0.15) is 0 Å². The lowest BCUT2D eigenvalue weighted by atomic mass is 9.89. The lowest BCUT2D eigenvalue weighted by molar-refractivity contribution is 0.105. The summed E-state index contributed by atoms with van der Waals surface area (Å²) in [6.45, 7) is 14.3. The molecule has 0 saturated carbocycles. The molecule has 0 aromatic heterocycles. The largest absolute Gasteiger partial charge is 0.309 e. The predicted octanol–water partition coefficient (Wildman–Crippen LogP) is 3.67. The second kappa shape index (κ2) is 8.16. The van der Waals surface area contributed by atoms with E-state index in [-0.39, 0.29) is 0 Å². The van der Waals surface area contributed by atoms with Crippen LogP contribution in [-0.2, 0) is 0 Å². The van der Waals surface area contributed by atoms with Crippen molar-refractivity contribution in [2.45, 2.75) is 71.8 Å². The Morgan fingerprint density at radius 3 is 2.44 bits per heavy atom. The Kier molecular flexibility index (Phi) is 7.25. The highest BCUT2D eigenvalue weighted by Crippen LogP contribution is 2.22. The fraction of sp³-hybridized carbons (Fsp3) is 1.00. The molecule has 1 unspecified atom stereocenters. The topological polar surface area (TPSA) is 15.3 Å². The number of rotatable bonds is 8. The maximum atomic E-state index is 3.75. The second-order valence-corrected chi connectivity index (χ2v) is 6.07. The third kappa shape index (κ3) is 4.55. The molecule has 1 fully saturated rings. The fourth-order valence-electron chi connectivity index (χ4n) is 3.20. The van der Waals surface area contributed by atoms with Crippen LogP contribution >= 0.6 is 0 Å². The molecule has 0 bridgehead atoms. The van der Waals surface area contributed by atoms with Crippen LogP contribution in [0.15, 0.2) is 0 Å². The number of unbranched alkanes of at least 4 members (excludes halogenated alkanes) is 1. The molecule has 1 heterocycles. The van der Waals surface area contributed by atoms with Gasteiger partial charge in [-0.25, -0.2) is 0 Å². The number of nitrogens with zero attached hydrogens (tertiary/aromatic N) is 1. The molecule has 18 heavy (non-hydrogen) atoms. The number of hydrogen-bond donors (Lipinski definition) is 1. The smallest absolute Gasteiger partial charge is 0.0304 e. The van der Waals surface area contributed by atoms with E-state index in [2.05, 4.69) is 37.9 Å². The van der Waals surface area contributed by atoms with Crippen LogP contribution in [0.2, 0.25) is 0 Å². The van der Waals surface area contributed by atoms with Crippen LogP contribution in [0, 0.1) is 5.92 Å². The van der Waals surface area contributed by atoms with E-state index in [9.17, 15) is 0 Å². The van der Waals surface area contributed by atoms with E-state index in [1.807, 2.05) is 0 Å². The highest BCUT2D eigenvalue weighted by atomic mass is 15.2. The van der Waals surface area contributed by atoms with Gasteiger partial charge in [-0.3, -0.25) is 4.90 Å². The van der Waals surface area contributed by atoms with Crippen LogP contribution < -0.4 is 5.32 Å². The summed E-state index contributed by atoms with van der Waals surface area (Å²) < 4.78 is 0. The predicted molar refractivity (Wildman–Crippen MR) is 81.1 cm³/mol. The fourth-order valence-corrected chi connectivity index (χ4v) is 3.20. The normalized spacial score (nSPS) is 22.0. The van der Waals surface area contributed by atoms with Crippen LogP contribution in [-0.4, -0.2) is 36.6 Å². The molecule has 0 amide bonds. The summed E-state index contributed by atoms with van der Waals surface area (Å²) in [6.07, 6.45) is 8.01. The summed E-state index contributed by atoms with van der Waals surface area (Å²) in [5.74, 6) is 0.912. The van der Waals surface area contributed by atoms with Gasteiger partial charge in [-0.05, 0) is 25.2 Å². The summed E-state index contributed by atoms with van der Waals surface area (Å²) in [5, 5.41) is 3.75. The van der Waals surface area contributed by atoms with Gasteiger partial charge >= 0.3 is 0 Å². The average Bonchev–Trinajstić information content (AvgIpc) is 2.43. The van der Waals surface area contributed by atoms with Crippen molar-refractivity contribution in [3.8, 4) is 0 Å². The van der Waals surface area contributed by atoms with Gasteiger partial charge in [-0.15, -0.1) is 0 Å². The van der Waals surface area contributed by atoms with Gasteiger partial charge < -0.3 is 5.32 Å². The van der Waals surface area contributed by atoms with Crippen LogP contribution in [0.3, 0.4) is 0 Å². The highest BCUT2D eigenvalue weighted by molar-refractivity contribution is 4.93. The molecule has 2 heteroatoms. The standard InChI is InChI=1S/C16H34N2/c1-5-9-10-15(6-2)13-18-12-11-17-16(7-3,8-4)14-18/h15,17H,5-14H2,1-4H3. The molecule has 2 nitrogen and oxygen atoms in total. The van der Waals surface area contributed by atoms with Gasteiger partial charge in [0.2, 0.25) is 0 Å². The molecule has 0 radical (unpaired) electrons. The van der Waals surface area contributed by atoms with Crippen molar-refractivity contribution in [3.63, 3.8) is 0 Å². The van der Waals surface area contributed by atoms with Gasteiger partial charge in [0.15, 0.2) is 0 Å². The molecule has 108 valence electrons. The Bertz CT molecular complexity index is 211. The maximum absolute atomic E-state index is 3.75. The van der Waals surface area contributed by atoms with Crippen LogP contribution in [0.4, 0.5) is 0 Å². The van der Waals surface area contributed by atoms with Gasteiger partial charge in [0.05, 0.1) is 0 Å². The third-order valence-electron chi connectivity index (χ3n) is 4.87. The molecule has 1 aliphatic heterocycles. The first-order valence-electron chi connectivity index (χ1n) is 8.17. The molecule has 0 aromatic rings. The summed E-state index contributed by atoms with van der Waals surface area (Å²) >= 11 is 0. The first-order valence-corrected chi connectivity index (χ1v) is 8.17. The van der Waals surface area contributed by atoms with Gasteiger partial charge in [-0.1, -0.05) is 47.0 Å². The van der Waals surface area contributed by atoms with E-state index in [1.54, 1.807) is 0 Å². The highest BCUT2D eigenvalue weighted by Gasteiger charge is 2.32. The summed E-state index contributed by atoms with van der Waals surface area (Å²) in [6, 6.07) is 0. The van der Waals surface area contributed by atoms with Crippen molar-refractivity contribution in [2.75, 3.05) is 26.2 Å². The summed E-state index contributed by atoms with van der Waals surface area (Å²) in [7, 11) is 0. The van der Waals surface area contributed by atoms with Crippen molar-refractivity contribution in [1.82, 2.24) is 10.2 Å². The second-order valence-electron chi connectivity index (χ2n) is 6.07. The van der Waals surface area contributed by atoms with Gasteiger partial charge in [0.1, 0.15) is 0 Å². The molecular formula is C16H34N2. The SMILES string of the molecule is CCCCC(CC)CN1CCNC(CC)(CC)C1. The number of hydrogen-bond acceptors (Lipinski definition) is 2. The molecule has 1 saturated heterocycles. The Balaban J connectivity index is 2.45. The van der Waals surface area contributed by atoms with E-state index in [0.29, 0.717) is 5.54 Å². The van der Waals surface area contributed by atoms with Crippen molar-refractivity contribution in [3.05, 3.63) is 0 Å². The van der Waals surface area contributed by atoms with E-state index in [0.717, 1.165) is 5.92 Å². The molecule has 1 rings (SSSR count). The van der Waals surface area contributed by atoms with Crippen molar-refractivity contribution >= 4 is 0 Å². The van der Waals surface area contributed by atoms with Crippen LogP contribution in [0.25, 0.3) is 0 Å². The molecule has 0 aromatic carbocycles. The zero-order valence-electron chi connectivity index (χ0n) is 13.1. The number of piperazine rings is 1. The molecule has 0 aliphatic carbocycles. The Labute approximate surface area is 115 Å². The van der Waals surface area contributed by atoms with Gasteiger partial charge in [0, 0.05) is 31.7 Å². The molecule has 1 aliphatic rings. The summed E-state index contributed by atoms with van der Waals surface area (Å²) in [5.41, 5.74) is 0.390. The van der Waals surface area contributed by atoms with Gasteiger partial charge in [0.25, 0.3) is 0 Å². The molecule has 1 N–H and O–H groups in total. The van der Waals surface area contributed by atoms with E-state index in [4.69, 9.17) is 0 Å².